The second-order valence-electron chi connectivity index (χ2n) is 32.2. The number of nitrogens with zero attached hydrogens (tertiary/aromatic N) is 1. The number of fused-ring (bicyclic) bond motifs is 15. The molecule has 0 spiro atoms. The molecule has 0 bridgehead atoms. The lowest BCUT2D eigenvalue weighted by Crippen LogP contribution is -2.09. The van der Waals surface area contributed by atoms with Crippen LogP contribution in [0.5, 0.6) is 0 Å². The highest BCUT2D eigenvalue weighted by molar-refractivity contribution is 7.26. The first-order valence-corrected chi connectivity index (χ1v) is 43.7. The van der Waals surface area contributed by atoms with Crippen molar-refractivity contribution in [2.75, 3.05) is 4.90 Å². The Morgan fingerprint density at radius 2 is 0.492 bits per heavy atom. The summed E-state index contributed by atoms with van der Waals surface area (Å²) in [5.74, 6) is 0. The molecule has 0 N–H and O–H groups in total. The van der Waals surface area contributed by atoms with Crippen molar-refractivity contribution in [3.63, 3.8) is 0 Å². The van der Waals surface area contributed by atoms with E-state index in [0.29, 0.717) is 0 Å². The minimum Gasteiger partial charge on any atom is -0.456 e. The first-order chi connectivity index (χ1) is 61.9. The number of hydrogen-bond donors (Lipinski definition) is 0. The maximum Gasteiger partial charge on any atom is 0.143 e. The van der Waals surface area contributed by atoms with Gasteiger partial charge in [0, 0.05) is 85.9 Å². The second-order valence-corrected chi connectivity index (χ2v) is 33.3. The average molecular weight is 1640 g/mol. The summed E-state index contributed by atoms with van der Waals surface area (Å²) in [6.45, 7) is 12.7. The maximum absolute atomic E-state index is 6.07. The van der Waals surface area contributed by atoms with Crippen LogP contribution in [0, 0.1) is 41.5 Å². The first-order valence-electron chi connectivity index (χ1n) is 42.9. The molecule has 5 nitrogen and oxygen atoms in total. The molecule has 0 amide bonds. The van der Waals surface area contributed by atoms with E-state index in [1.165, 1.54) is 158 Å². The van der Waals surface area contributed by atoms with Gasteiger partial charge in [0.05, 0.1) is 0 Å². The summed E-state index contributed by atoms with van der Waals surface area (Å²) >= 11 is 1.87. The van der Waals surface area contributed by atoms with Crippen LogP contribution in [0.25, 0.3) is 175 Å². The van der Waals surface area contributed by atoms with Gasteiger partial charge in [0.25, 0.3) is 0 Å². The molecule has 0 fully saturated rings. The van der Waals surface area contributed by atoms with E-state index in [1.807, 2.05) is 78.1 Å². The largest absolute Gasteiger partial charge is 0.456 e. The predicted octanol–water partition coefficient (Wildman–Crippen LogP) is 35.4. The van der Waals surface area contributed by atoms with Gasteiger partial charge in [0.1, 0.15) is 44.7 Å². The number of rotatable bonds is 9. The summed E-state index contributed by atoms with van der Waals surface area (Å²) in [7, 11) is 0. The molecule has 0 unspecified atom stereocenters. The Bertz CT molecular complexity index is 7710. The summed E-state index contributed by atoms with van der Waals surface area (Å²) in [6.07, 6.45) is 0. The summed E-state index contributed by atoms with van der Waals surface area (Å²) in [6, 6.07) is 155. The second kappa shape index (κ2) is 36.2. The molecule has 0 saturated carbocycles. The van der Waals surface area contributed by atoms with Crippen LogP contribution in [0.1, 0.15) is 33.4 Å². The van der Waals surface area contributed by atoms with E-state index in [1.54, 1.807) is 0 Å². The third kappa shape index (κ3) is 17.2. The Labute approximate surface area is 738 Å². The molecule has 0 atom stereocenters. The van der Waals surface area contributed by atoms with Crippen molar-refractivity contribution in [3.05, 3.63) is 476 Å². The number of hydrogen-bond acceptors (Lipinski definition) is 6. The monoisotopic (exact) mass is 1640 g/mol. The van der Waals surface area contributed by atoms with Gasteiger partial charge in [-0.25, -0.2) is 0 Å². The van der Waals surface area contributed by atoms with Crippen molar-refractivity contribution in [2.45, 2.75) is 41.5 Å². The van der Waals surface area contributed by atoms with Crippen LogP contribution in [0.15, 0.2) is 461 Å². The lowest BCUT2D eigenvalue weighted by molar-refractivity contribution is 0.668. The summed E-state index contributed by atoms with van der Waals surface area (Å²) in [4.78, 5) is 2.29. The minimum absolute atomic E-state index is 0.946. The minimum atomic E-state index is 0.946. The Morgan fingerprint density at radius 1 is 0.175 bits per heavy atom. The van der Waals surface area contributed by atoms with Crippen molar-refractivity contribution in [1.29, 1.82) is 0 Å². The normalized spacial score (nSPS) is 11.1. The highest BCUT2D eigenvalue weighted by atomic mass is 32.1. The van der Waals surface area contributed by atoms with Crippen LogP contribution in [-0.4, -0.2) is 0 Å². The number of anilines is 3. The first kappa shape index (κ1) is 80.1. The predicted molar refractivity (Wildman–Crippen MR) is 536 cm³/mol. The number of furan rings is 4. The zero-order valence-corrected chi connectivity index (χ0v) is 72.0. The fourth-order valence-electron chi connectivity index (χ4n) is 16.7. The van der Waals surface area contributed by atoms with E-state index in [4.69, 9.17) is 17.7 Å². The number of thiophene rings is 1. The lowest BCUT2D eigenvalue weighted by atomic mass is 9.99. The lowest BCUT2D eigenvalue weighted by Gasteiger charge is -2.25. The van der Waals surface area contributed by atoms with Crippen molar-refractivity contribution in [2.24, 2.45) is 0 Å². The van der Waals surface area contributed by atoms with E-state index in [2.05, 4.69) is 423 Å². The molecular formula is C120H91NO4S. The standard InChI is InChI=1S/C25H21N.4C19H14O.C19H14S/c1-20-12-16-24(17-13-20)26(23-10-6-3-7-11-23)25-18-14-22(15-19-25)21-8-4-2-5-9-21;1-13-9-11-14(12-10-13)15-6-4-7-17-16-5-2-3-8-18(16)20-19(15)17;1-13-9-11-14(12-10-13)15-6-4-8-18-19(15)16-5-2-3-7-17(16)20-18;1-13-6-8-14(9-7-13)15-10-11-19-17(12-15)16-4-2-3-5-18(16)20-19;1-13-6-8-14(9-7-13)15-10-11-17-16-4-2-3-5-18(16)20-19(17)12-15;1-13-9-11-14(12-10-13)15-6-4-8-18-19(15)16-5-2-3-7-17(16)20-18/h2-19H,1H3;5*2-12H,1H3. The number of aryl methyl sites for hydroxylation is 6. The van der Waals surface area contributed by atoms with E-state index in [0.717, 1.165) is 67.3 Å². The third-order valence-electron chi connectivity index (χ3n) is 23.4. The van der Waals surface area contributed by atoms with E-state index in [9.17, 15) is 0 Å². The quantitative estimate of drug-likeness (QED) is 0.144. The van der Waals surface area contributed by atoms with Gasteiger partial charge in [-0.05, 0) is 206 Å². The van der Waals surface area contributed by atoms with Gasteiger partial charge in [-0.1, -0.05) is 373 Å². The molecule has 0 aliphatic carbocycles. The Kier molecular flexibility index (Phi) is 23.0. The fraction of sp³-hybridized carbons (Fsp3) is 0.0500. The topological polar surface area (TPSA) is 55.8 Å². The van der Waals surface area contributed by atoms with E-state index < -0.39 is 0 Å². The number of para-hydroxylation sites is 6. The molecule has 5 aromatic heterocycles. The van der Waals surface area contributed by atoms with E-state index in [-0.39, 0.29) is 0 Å². The van der Waals surface area contributed by atoms with Crippen LogP contribution < -0.4 is 4.90 Å². The van der Waals surface area contributed by atoms with Crippen LogP contribution in [-0.2, 0) is 0 Å². The molecule has 0 saturated heterocycles. The summed E-state index contributed by atoms with van der Waals surface area (Å²) < 4.78 is 26.5. The summed E-state index contributed by atoms with van der Waals surface area (Å²) in [5, 5.41) is 12.2. The highest BCUT2D eigenvalue weighted by Crippen LogP contribution is 2.44. The van der Waals surface area contributed by atoms with Crippen LogP contribution in [0.4, 0.5) is 17.1 Å². The molecule has 19 aromatic carbocycles. The van der Waals surface area contributed by atoms with Crippen LogP contribution >= 0.6 is 11.3 Å². The molecule has 24 aromatic rings. The highest BCUT2D eigenvalue weighted by Gasteiger charge is 2.18. The van der Waals surface area contributed by atoms with Crippen molar-refractivity contribution in [1.82, 2.24) is 0 Å². The van der Waals surface area contributed by atoms with Crippen molar-refractivity contribution in [3.8, 4) is 66.8 Å². The van der Waals surface area contributed by atoms with Gasteiger partial charge >= 0.3 is 0 Å². The van der Waals surface area contributed by atoms with Crippen LogP contribution in [0.2, 0.25) is 0 Å². The zero-order valence-electron chi connectivity index (χ0n) is 71.1. The molecule has 0 radical (unpaired) electrons. The molecule has 126 heavy (non-hydrogen) atoms. The fourth-order valence-corrected chi connectivity index (χ4v) is 17.8. The smallest absolute Gasteiger partial charge is 0.143 e. The molecule has 0 aliphatic rings. The third-order valence-corrected chi connectivity index (χ3v) is 24.5. The molecule has 24 rings (SSSR count). The summed E-state index contributed by atoms with van der Waals surface area (Å²) in [5.41, 5.74) is 33.5. The van der Waals surface area contributed by atoms with Gasteiger partial charge in [0.2, 0.25) is 0 Å². The van der Waals surface area contributed by atoms with Crippen molar-refractivity contribution < 1.29 is 17.7 Å². The average Bonchev–Trinajstić information content (AvgIpc) is 1.62. The van der Waals surface area contributed by atoms with Crippen LogP contribution in [0.3, 0.4) is 0 Å². The Morgan fingerprint density at radius 3 is 1.06 bits per heavy atom. The van der Waals surface area contributed by atoms with Gasteiger partial charge in [0.15, 0.2) is 0 Å². The molecule has 5 heterocycles. The molecular weight excluding hydrogens is 1550 g/mol. The molecule has 6 heteroatoms. The van der Waals surface area contributed by atoms with E-state index >= 15 is 0 Å². The van der Waals surface area contributed by atoms with Gasteiger partial charge < -0.3 is 22.6 Å². The molecule has 606 valence electrons. The Balaban J connectivity index is 0.0000000990. The van der Waals surface area contributed by atoms with Gasteiger partial charge in [-0.2, -0.15) is 0 Å². The maximum atomic E-state index is 6.07. The van der Waals surface area contributed by atoms with Crippen molar-refractivity contribution >= 4 is 136 Å². The number of benzene rings is 19. The van der Waals surface area contributed by atoms with Gasteiger partial charge in [-0.3, -0.25) is 0 Å². The molecule has 0 aliphatic heterocycles. The Hall–Kier alpha value is -15.6. The SMILES string of the molecule is Cc1ccc(-c2ccc3c(c2)oc2ccccc23)cc1.Cc1ccc(-c2ccc3oc4ccccc4c3c2)cc1.Cc1ccc(-c2cccc3c2oc2ccccc23)cc1.Cc1ccc(-c2cccc3oc4ccccc4c23)cc1.Cc1ccc(-c2cccc3sc4ccccc4c23)cc1.Cc1ccc(N(c2ccccc2)c2ccc(-c3ccccc3)cc2)cc1. The van der Waals surface area contributed by atoms with Gasteiger partial charge in [-0.15, -0.1) is 11.3 Å². The zero-order chi connectivity index (χ0) is 85.4.